The van der Waals surface area contributed by atoms with Crippen molar-refractivity contribution >= 4 is 20.9 Å². The van der Waals surface area contributed by atoms with Gasteiger partial charge in [0.05, 0.1) is 6.61 Å². The minimum atomic E-state index is -0.438. The highest BCUT2D eigenvalue weighted by Crippen LogP contribution is 1.88. The maximum atomic E-state index is 5.07. The van der Waals surface area contributed by atoms with Crippen LogP contribution in [0.2, 0.25) is 0 Å². The molecule has 0 saturated carbocycles. The maximum absolute atomic E-state index is 5.07. The van der Waals surface area contributed by atoms with Crippen LogP contribution in [-0.2, 0) is 25.1 Å². The second kappa shape index (κ2) is 6.13. The number of rotatable bonds is 4. The van der Waals surface area contributed by atoms with E-state index in [9.17, 15) is 0 Å². The third kappa shape index (κ3) is 5.89. The van der Waals surface area contributed by atoms with E-state index in [2.05, 4.69) is 6.58 Å². The fourth-order valence-electron chi connectivity index (χ4n) is 0.266. The van der Waals surface area contributed by atoms with Crippen molar-refractivity contribution < 1.29 is 4.18 Å². The zero-order valence-corrected chi connectivity index (χ0v) is 7.00. The van der Waals surface area contributed by atoms with Crippen molar-refractivity contribution in [2.75, 3.05) is 6.61 Å². The summed E-state index contributed by atoms with van der Waals surface area (Å²) in [4.78, 5) is 0. The maximum Gasteiger partial charge on any atom is 0.0800 e. The topological polar surface area (TPSA) is 9.23 Å². The van der Waals surface area contributed by atoms with E-state index in [0.717, 1.165) is 0 Å². The Morgan fingerprint density at radius 2 is 2.44 bits per heavy atom. The van der Waals surface area contributed by atoms with Crippen LogP contribution in [0.25, 0.3) is 0 Å². The van der Waals surface area contributed by atoms with Crippen LogP contribution in [0.15, 0.2) is 24.1 Å². The highest BCUT2D eigenvalue weighted by molar-refractivity contribution is 8.27. The van der Waals surface area contributed by atoms with E-state index in [1.54, 1.807) is 6.08 Å². The predicted molar refractivity (Wildman–Crippen MR) is 45.7 cm³/mol. The normalized spacial score (nSPS) is 13.9. The van der Waals surface area contributed by atoms with Crippen molar-refractivity contribution in [3.05, 3.63) is 24.1 Å². The molecule has 0 rings (SSSR count). The lowest BCUT2D eigenvalue weighted by atomic mass is 10.7. The summed E-state index contributed by atoms with van der Waals surface area (Å²) in [6.45, 7) is 5.96. The van der Waals surface area contributed by atoms with E-state index in [4.69, 9.17) is 15.4 Å². The second-order valence-corrected chi connectivity index (χ2v) is 3.32. The third-order valence-corrected chi connectivity index (χ3v) is 2.03. The van der Waals surface area contributed by atoms with E-state index in [-0.39, 0.29) is 0 Å². The van der Waals surface area contributed by atoms with Crippen LogP contribution in [0.4, 0.5) is 0 Å². The van der Waals surface area contributed by atoms with E-state index in [1.807, 2.05) is 18.4 Å². The molecule has 0 bridgehead atoms. The Labute approximate surface area is 63.2 Å². The molecule has 1 unspecified atom stereocenters. The van der Waals surface area contributed by atoms with Gasteiger partial charge in [0.15, 0.2) is 0 Å². The molecule has 0 amide bonds. The van der Waals surface area contributed by atoms with Gasteiger partial charge in [-0.1, -0.05) is 12.2 Å². The first kappa shape index (κ1) is 9.01. The molecule has 0 saturated heterocycles. The summed E-state index contributed by atoms with van der Waals surface area (Å²) in [5.41, 5.74) is 0. The van der Waals surface area contributed by atoms with Crippen molar-refractivity contribution in [2.45, 2.75) is 6.92 Å². The van der Waals surface area contributed by atoms with Gasteiger partial charge in [-0.25, -0.2) is 0 Å². The molecule has 0 aliphatic heterocycles. The van der Waals surface area contributed by atoms with E-state index in [0.29, 0.717) is 6.61 Å². The monoisotopic (exact) mass is 162 g/mol. The van der Waals surface area contributed by atoms with Crippen LogP contribution < -0.4 is 0 Å². The first-order valence-corrected chi connectivity index (χ1v) is 4.72. The summed E-state index contributed by atoms with van der Waals surface area (Å²) in [6, 6.07) is 0. The summed E-state index contributed by atoms with van der Waals surface area (Å²) in [6.07, 6.45) is 3.58. The molecule has 0 aliphatic carbocycles. The first-order chi connectivity index (χ1) is 4.31. The Hall–Kier alpha value is 0.0100. The molecule has 1 nitrogen and oxygen atoms in total. The second-order valence-electron chi connectivity index (χ2n) is 1.30. The van der Waals surface area contributed by atoms with Crippen molar-refractivity contribution in [2.24, 2.45) is 0 Å². The van der Waals surface area contributed by atoms with Crippen LogP contribution in [0.1, 0.15) is 6.92 Å². The average molecular weight is 162 g/mol. The minimum Gasteiger partial charge on any atom is -0.304 e. The van der Waals surface area contributed by atoms with Gasteiger partial charge in [0.25, 0.3) is 0 Å². The summed E-state index contributed by atoms with van der Waals surface area (Å²) < 4.78 is 5.07. The summed E-state index contributed by atoms with van der Waals surface area (Å²) in [7, 11) is -0.438. The van der Waals surface area contributed by atoms with Crippen LogP contribution in [-0.4, -0.2) is 6.61 Å². The highest BCUT2D eigenvalue weighted by atomic mass is 32.8. The lowest BCUT2D eigenvalue weighted by Gasteiger charge is -1.94. The highest BCUT2D eigenvalue weighted by Gasteiger charge is 1.82. The van der Waals surface area contributed by atoms with Crippen molar-refractivity contribution in [3.63, 3.8) is 0 Å². The molecule has 0 radical (unpaired) electrons. The quantitative estimate of drug-likeness (QED) is 0.582. The number of hydrogen-bond acceptors (Lipinski definition) is 2. The third-order valence-electron chi connectivity index (χ3n) is 0.549. The molecule has 1 atom stereocenters. The predicted octanol–water partition coefficient (Wildman–Crippen LogP) is 1.72. The summed E-state index contributed by atoms with van der Waals surface area (Å²) in [5.74, 6) is 0. The fourth-order valence-corrected chi connectivity index (χ4v) is 1.30. The molecule has 0 fully saturated rings. The van der Waals surface area contributed by atoms with Gasteiger partial charge in [-0.3, -0.25) is 0 Å². The smallest absolute Gasteiger partial charge is 0.0800 e. The lowest BCUT2D eigenvalue weighted by Crippen LogP contribution is -1.90. The standard InChI is InChI=1S/C6H10OS2/c1-3-5-7-9(8)6-4-2/h3-4,6H,1,5H2,2H3/b6-4+. The Morgan fingerprint density at radius 3 is 2.89 bits per heavy atom. The van der Waals surface area contributed by atoms with Crippen LogP contribution in [0.5, 0.6) is 0 Å². The van der Waals surface area contributed by atoms with Gasteiger partial charge in [0.1, 0.15) is 0 Å². The Morgan fingerprint density at radius 1 is 1.78 bits per heavy atom. The van der Waals surface area contributed by atoms with Crippen molar-refractivity contribution in [3.8, 4) is 0 Å². The number of hydrogen-bond donors (Lipinski definition) is 0. The van der Waals surface area contributed by atoms with Gasteiger partial charge in [-0.15, -0.1) is 6.58 Å². The van der Waals surface area contributed by atoms with Gasteiger partial charge in [0, 0.05) is 9.74 Å². The molecule has 0 heterocycles. The molecule has 0 spiro atoms. The van der Waals surface area contributed by atoms with Crippen molar-refractivity contribution in [1.82, 2.24) is 0 Å². The summed E-state index contributed by atoms with van der Waals surface area (Å²) in [5, 5.41) is 1.85. The van der Waals surface area contributed by atoms with E-state index < -0.39 is 9.74 Å². The minimum absolute atomic E-state index is 0.438. The zero-order valence-electron chi connectivity index (χ0n) is 5.37. The first-order valence-electron chi connectivity index (χ1n) is 2.58. The molecule has 0 aromatic rings. The van der Waals surface area contributed by atoms with Crippen LogP contribution in [0.3, 0.4) is 0 Å². The molecule has 9 heavy (non-hydrogen) atoms. The average Bonchev–Trinajstić information content (AvgIpc) is 1.85. The molecular formula is C6H10OS2. The molecule has 0 aliphatic rings. The molecule has 0 aromatic heterocycles. The fraction of sp³-hybridized carbons (Fsp3) is 0.333. The zero-order chi connectivity index (χ0) is 7.11. The summed E-state index contributed by atoms with van der Waals surface area (Å²) >= 11 is 4.87. The molecular weight excluding hydrogens is 152 g/mol. The Kier molecular flexibility index (Phi) is 6.14. The van der Waals surface area contributed by atoms with E-state index >= 15 is 0 Å². The van der Waals surface area contributed by atoms with Crippen LogP contribution >= 0.6 is 0 Å². The SMILES string of the molecule is C=CCOS(=S)/C=C/C. The molecule has 0 aromatic carbocycles. The van der Waals surface area contributed by atoms with Gasteiger partial charge >= 0.3 is 0 Å². The van der Waals surface area contributed by atoms with Gasteiger partial charge in [-0.2, -0.15) is 0 Å². The molecule has 0 N–H and O–H groups in total. The van der Waals surface area contributed by atoms with Crippen molar-refractivity contribution in [1.29, 1.82) is 0 Å². The van der Waals surface area contributed by atoms with Crippen LogP contribution in [0, 0.1) is 0 Å². The Bertz CT molecular complexity index is 129. The van der Waals surface area contributed by atoms with Gasteiger partial charge in [0.2, 0.25) is 0 Å². The van der Waals surface area contributed by atoms with Gasteiger partial charge < -0.3 is 4.18 Å². The van der Waals surface area contributed by atoms with Gasteiger partial charge in [-0.05, 0) is 23.5 Å². The largest absolute Gasteiger partial charge is 0.304 e. The Balaban J connectivity index is 3.38. The number of allylic oxidation sites excluding steroid dienone is 1. The lowest BCUT2D eigenvalue weighted by molar-refractivity contribution is 0.428. The van der Waals surface area contributed by atoms with E-state index in [1.165, 1.54) is 0 Å². The molecule has 52 valence electrons. The molecule has 3 heteroatoms.